The van der Waals surface area contributed by atoms with Crippen LogP contribution in [0.1, 0.15) is 44.6 Å². The van der Waals surface area contributed by atoms with E-state index in [0.717, 1.165) is 44.1 Å². The number of benzene rings is 1. The summed E-state index contributed by atoms with van der Waals surface area (Å²) in [5, 5.41) is 10.0. The van der Waals surface area contributed by atoms with Crippen LogP contribution in [-0.4, -0.2) is 15.9 Å². The van der Waals surface area contributed by atoms with Crippen LogP contribution in [0.2, 0.25) is 0 Å². The number of para-hydroxylation sites is 1. The van der Waals surface area contributed by atoms with Crippen LogP contribution in [0, 0.1) is 0 Å². The zero-order valence-electron chi connectivity index (χ0n) is 10.9. The van der Waals surface area contributed by atoms with Crippen molar-refractivity contribution in [3.8, 4) is 5.75 Å². The summed E-state index contributed by atoms with van der Waals surface area (Å²) in [6, 6.07) is 7.38. The maximum atomic E-state index is 9.66. The lowest BCUT2D eigenvalue weighted by Crippen LogP contribution is -2.05. The summed E-state index contributed by atoms with van der Waals surface area (Å²) in [7, 11) is 0. The van der Waals surface area contributed by atoms with Crippen LogP contribution in [-0.2, 0) is 6.42 Å². The van der Waals surface area contributed by atoms with Crippen molar-refractivity contribution in [3.63, 3.8) is 0 Å². The smallest absolute Gasteiger partial charge is 0.118 e. The molecule has 3 heteroatoms. The first-order valence-electron chi connectivity index (χ1n) is 6.68. The molecular weight excluding hydrogens is 267 g/mol. The summed E-state index contributed by atoms with van der Waals surface area (Å²) in [5.41, 5.74) is 0.925. The monoisotopic (exact) mass is 288 g/mol. The van der Waals surface area contributed by atoms with Crippen LogP contribution in [0.15, 0.2) is 24.3 Å². The van der Waals surface area contributed by atoms with Gasteiger partial charge in [0.15, 0.2) is 0 Å². The second kappa shape index (κ2) is 8.66. The van der Waals surface area contributed by atoms with Crippen molar-refractivity contribution in [2.45, 2.75) is 56.2 Å². The number of alkyl halides is 2. The molecule has 0 aliphatic heterocycles. The van der Waals surface area contributed by atoms with Gasteiger partial charge in [0.1, 0.15) is 5.75 Å². The van der Waals surface area contributed by atoms with Gasteiger partial charge < -0.3 is 5.11 Å². The average Bonchev–Trinajstić information content (AvgIpc) is 2.32. The van der Waals surface area contributed by atoms with E-state index in [1.165, 1.54) is 0 Å². The summed E-state index contributed by atoms with van der Waals surface area (Å²) >= 11 is 12.5. The van der Waals surface area contributed by atoms with Gasteiger partial charge in [-0.3, -0.25) is 0 Å². The molecule has 102 valence electrons. The number of phenols is 1. The molecule has 0 saturated heterocycles. The normalized spacial score (nSPS) is 14.4. The Bertz CT molecular complexity index is 341. The first-order chi connectivity index (χ1) is 8.63. The zero-order valence-corrected chi connectivity index (χ0v) is 12.4. The van der Waals surface area contributed by atoms with E-state index in [1.807, 2.05) is 18.2 Å². The number of phenolic OH excluding ortho intramolecular Hbond substituents is 1. The summed E-state index contributed by atoms with van der Waals surface area (Å²) in [6.45, 7) is 2.15. The van der Waals surface area contributed by atoms with Crippen molar-refractivity contribution in [3.05, 3.63) is 29.8 Å². The fraction of sp³-hybridized carbons (Fsp3) is 0.600. The summed E-state index contributed by atoms with van der Waals surface area (Å²) in [5.74, 6) is 0.337. The first-order valence-corrected chi connectivity index (χ1v) is 7.55. The van der Waals surface area contributed by atoms with Crippen LogP contribution in [0.4, 0.5) is 0 Å². The molecule has 2 atom stereocenters. The highest BCUT2D eigenvalue weighted by atomic mass is 35.5. The van der Waals surface area contributed by atoms with Crippen molar-refractivity contribution in [1.29, 1.82) is 0 Å². The first kappa shape index (κ1) is 15.7. The minimum absolute atomic E-state index is 0.0730. The Balaban J connectivity index is 2.26. The van der Waals surface area contributed by atoms with Crippen molar-refractivity contribution < 1.29 is 5.11 Å². The standard InChI is InChI=1S/C15H22Cl2O/c1-2-6-13(16)8-5-9-14(17)11-12-7-3-4-10-15(12)18/h3-4,7,10,13-14,18H,2,5-6,8-9,11H2,1H3. The van der Waals surface area contributed by atoms with Gasteiger partial charge in [0.05, 0.1) is 0 Å². The highest BCUT2D eigenvalue weighted by molar-refractivity contribution is 6.21. The number of aromatic hydroxyl groups is 1. The number of rotatable bonds is 8. The molecular formula is C15H22Cl2O. The van der Waals surface area contributed by atoms with E-state index in [0.29, 0.717) is 5.75 Å². The molecule has 0 fully saturated rings. The van der Waals surface area contributed by atoms with Crippen molar-refractivity contribution in [2.75, 3.05) is 0 Å². The summed E-state index contributed by atoms with van der Waals surface area (Å²) in [4.78, 5) is 0. The third-order valence-corrected chi connectivity index (χ3v) is 3.88. The molecule has 1 nitrogen and oxygen atoms in total. The average molecular weight is 289 g/mol. The Hall–Kier alpha value is -0.400. The van der Waals surface area contributed by atoms with E-state index in [1.54, 1.807) is 6.07 Å². The van der Waals surface area contributed by atoms with E-state index < -0.39 is 0 Å². The van der Waals surface area contributed by atoms with E-state index in [4.69, 9.17) is 23.2 Å². The number of hydrogen-bond acceptors (Lipinski definition) is 1. The van der Waals surface area contributed by atoms with Crippen molar-refractivity contribution >= 4 is 23.2 Å². The maximum Gasteiger partial charge on any atom is 0.118 e. The second-order valence-corrected chi connectivity index (χ2v) is 5.98. The van der Waals surface area contributed by atoms with Gasteiger partial charge in [-0.15, -0.1) is 23.2 Å². The van der Waals surface area contributed by atoms with Crippen LogP contribution in [0.5, 0.6) is 5.75 Å². The minimum atomic E-state index is 0.0730. The quantitative estimate of drug-likeness (QED) is 0.658. The SMILES string of the molecule is CCCC(Cl)CCCC(Cl)Cc1ccccc1O. The van der Waals surface area contributed by atoms with E-state index in [2.05, 4.69) is 6.92 Å². The Kier molecular flexibility index (Phi) is 7.53. The van der Waals surface area contributed by atoms with Gasteiger partial charge in [-0.2, -0.15) is 0 Å². The Labute approximate surface area is 120 Å². The molecule has 0 aliphatic carbocycles. The van der Waals surface area contributed by atoms with Crippen LogP contribution < -0.4 is 0 Å². The predicted molar refractivity (Wildman–Crippen MR) is 79.9 cm³/mol. The van der Waals surface area contributed by atoms with Gasteiger partial charge in [-0.1, -0.05) is 38.0 Å². The van der Waals surface area contributed by atoms with E-state index >= 15 is 0 Å². The third-order valence-electron chi connectivity index (χ3n) is 3.07. The lowest BCUT2D eigenvalue weighted by Gasteiger charge is -2.12. The van der Waals surface area contributed by atoms with Crippen LogP contribution in [0.3, 0.4) is 0 Å². The van der Waals surface area contributed by atoms with E-state index in [-0.39, 0.29) is 10.8 Å². The molecule has 0 amide bonds. The lowest BCUT2D eigenvalue weighted by atomic mass is 10.0. The molecule has 0 radical (unpaired) electrons. The topological polar surface area (TPSA) is 20.2 Å². The van der Waals surface area contributed by atoms with Gasteiger partial charge in [0.2, 0.25) is 0 Å². The zero-order chi connectivity index (χ0) is 13.4. The van der Waals surface area contributed by atoms with Gasteiger partial charge >= 0.3 is 0 Å². The molecule has 18 heavy (non-hydrogen) atoms. The van der Waals surface area contributed by atoms with Gasteiger partial charge in [0.25, 0.3) is 0 Å². The number of halogens is 2. The second-order valence-electron chi connectivity index (χ2n) is 4.75. The lowest BCUT2D eigenvalue weighted by molar-refractivity contribution is 0.466. The van der Waals surface area contributed by atoms with Crippen molar-refractivity contribution in [1.82, 2.24) is 0 Å². The maximum absolute atomic E-state index is 9.66. The highest BCUT2D eigenvalue weighted by Crippen LogP contribution is 2.22. The van der Waals surface area contributed by atoms with Crippen LogP contribution >= 0.6 is 23.2 Å². The predicted octanol–water partition coefficient (Wildman–Crippen LogP) is 5.12. The molecule has 0 heterocycles. The molecule has 2 unspecified atom stereocenters. The summed E-state index contributed by atoms with van der Waals surface area (Å²) < 4.78 is 0. The van der Waals surface area contributed by atoms with Crippen molar-refractivity contribution in [2.24, 2.45) is 0 Å². The molecule has 1 rings (SSSR count). The Morgan fingerprint density at radius 2 is 1.72 bits per heavy atom. The third kappa shape index (κ3) is 5.97. The molecule has 0 aliphatic rings. The molecule has 1 aromatic carbocycles. The summed E-state index contributed by atoms with van der Waals surface area (Å²) in [6.07, 6.45) is 5.96. The largest absolute Gasteiger partial charge is 0.508 e. The van der Waals surface area contributed by atoms with Gasteiger partial charge in [0, 0.05) is 10.8 Å². The van der Waals surface area contributed by atoms with Gasteiger partial charge in [-0.25, -0.2) is 0 Å². The van der Waals surface area contributed by atoms with Crippen LogP contribution in [0.25, 0.3) is 0 Å². The minimum Gasteiger partial charge on any atom is -0.508 e. The fourth-order valence-electron chi connectivity index (χ4n) is 2.04. The molecule has 0 spiro atoms. The Morgan fingerprint density at radius 1 is 1.06 bits per heavy atom. The molecule has 1 N–H and O–H groups in total. The number of hydrogen-bond donors (Lipinski definition) is 1. The molecule has 1 aromatic rings. The Morgan fingerprint density at radius 3 is 2.39 bits per heavy atom. The molecule has 0 aromatic heterocycles. The highest BCUT2D eigenvalue weighted by Gasteiger charge is 2.10. The molecule has 0 saturated carbocycles. The fourth-order valence-corrected chi connectivity index (χ4v) is 2.74. The van der Waals surface area contributed by atoms with E-state index in [9.17, 15) is 5.11 Å². The molecule has 0 bridgehead atoms. The van der Waals surface area contributed by atoms with Gasteiger partial charge in [-0.05, 0) is 37.3 Å².